The minimum absolute atomic E-state index is 0.710. The third kappa shape index (κ3) is 1.18. The molecule has 2 N–H and O–H groups in total. The number of halogens is 1. The maximum absolute atomic E-state index is 6.16. The zero-order valence-corrected chi connectivity index (χ0v) is 9.47. The van der Waals surface area contributed by atoms with E-state index in [4.69, 9.17) is 11.6 Å². The zero-order chi connectivity index (χ0) is 11.1. The topological polar surface area (TPSA) is 40.7 Å². The fourth-order valence-electron chi connectivity index (χ4n) is 2.02. The predicted molar refractivity (Wildman–Crippen MR) is 68.2 cm³/mol. The molecule has 0 fully saturated rings. The van der Waals surface area contributed by atoms with Crippen molar-refractivity contribution in [3.05, 3.63) is 35.6 Å². The molecule has 3 rings (SSSR count). The van der Waals surface area contributed by atoms with Crippen molar-refractivity contribution in [1.82, 2.24) is 9.97 Å². The van der Waals surface area contributed by atoms with Crippen LogP contribution in [-0.2, 0) is 0 Å². The Labute approximate surface area is 97.4 Å². The maximum Gasteiger partial charge on any atom is 0.0831 e. The number of benzene rings is 1. The number of rotatable bonds is 1. The monoisotopic (exact) mass is 231 g/mol. The van der Waals surface area contributed by atoms with E-state index in [0.29, 0.717) is 5.02 Å². The lowest BCUT2D eigenvalue weighted by Gasteiger charge is -2.06. The first kappa shape index (κ1) is 9.48. The summed E-state index contributed by atoms with van der Waals surface area (Å²) < 4.78 is 0. The molecule has 0 radical (unpaired) electrons. The summed E-state index contributed by atoms with van der Waals surface area (Å²) in [6.45, 7) is 0. The number of nitrogens with zero attached hydrogens (tertiary/aromatic N) is 1. The van der Waals surface area contributed by atoms with Gasteiger partial charge in [0.15, 0.2) is 0 Å². The van der Waals surface area contributed by atoms with Gasteiger partial charge in [0, 0.05) is 35.9 Å². The van der Waals surface area contributed by atoms with Crippen molar-refractivity contribution in [1.29, 1.82) is 0 Å². The number of anilines is 1. The number of fused-ring (bicyclic) bond motifs is 3. The zero-order valence-electron chi connectivity index (χ0n) is 8.71. The van der Waals surface area contributed by atoms with Crippen LogP contribution in [0.1, 0.15) is 0 Å². The van der Waals surface area contributed by atoms with Crippen LogP contribution in [0.15, 0.2) is 30.6 Å². The normalized spacial score (nSPS) is 11.1. The van der Waals surface area contributed by atoms with Gasteiger partial charge in [-0.2, -0.15) is 0 Å². The SMILES string of the molecule is CNc1cc2[nH]cc(Cl)c2c2ncccc12. The second-order valence-electron chi connectivity index (χ2n) is 3.63. The average Bonchev–Trinajstić information content (AvgIpc) is 2.70. The van der Waals surface area contributed by atoms with Crippen molar-refractivity contribution >= 4 is 39.1 Å². The van der Waals surface area contributed by atoms with Crippen molar-refractivity contribution in [3.63, 3.8) is 0 Å². The third-order valence-corrected chi connectivity index (χ3v) is 3.05. The molecule has 1 aromatic carbocycles. The highest BCUT2D eigenvalue weighted by molar-refractivity contribution is 6.38. The summed E-state index contributed by atoms with van der Waals surface area (Å²) in [5, 5.41) is 5.94. The summed E-state index contributed by atoms with van der Waals surface area (Å²) in [6, 6.07) is 6.01. The summed E-state index contributed by atoms with van der Waals surface area (Å²) in [6.07, 6.45) is 3.57. The highest BCUT2D eigenvalue weighted by atomic mass is 35.5. The predicted octanol–water partition coefficient (Wildman–Crippen LogP) is 3.41. The minimum Gasteiger partial charge on any atom is -0.388 e. The molecule has 3 nitrogen and oxygen atoms in total. The number of pyridine rings is 1. The van der Waals surface area contributed by atoms with Crippen LogP contribution in [0.25, 0.3) is 21.8 Å². The summed E-state index contributed by atoms with van der Waals surface area (Å²) >= 11 is 6.16. The minimum atomic E-state index is 0.710. The molecule has 0 aliphatic carbocycles. The van der Waals surface area contributed by atoms with Gasteiger partial charge in [0.1, 0.15) is 0 Å². The number of H-pyrrole nitrogens is 1. The summed E-state index contributed by atoms with van der Waals surface area (Å²) in [4.78, 5) is 7.55. The smallest absolute Gasteiger partial charge is 0.0831 e. The van der Waals surface area contributed by atoms with Crippen molar-refractivity contribution in [2.75, 3.05) is 12.4 Å². The lowest BCUT2D eigenvalue weighted by Crippen LogP contribution is -1.91. The Bertz CT molecular complexity index is 672. The van der Waals surface area contributed by atoms with Crippen LogP contribution in [0.2, 0.25) is 5.02 Å². The van der Waals surface area contributed by atoms with E-state index >= 15 is 0 Å². The van der Waals surface area contributed by atoms with E-state index in [-0.39, 0.29) is 0 Å². The van der Waals surface area contributed by atoms with Crippen molar-refractivity contribution in [2.45, 2.75) is 0 Å². The lowest BCUT2D eigenvalue weighted by atomic mass is 10.1. The molecule has 0 spiro atoms. The van der Waals surface area contributed by atoms with Crippen molar-refractivity contribution in [2.24, 2.45) is 0 Å². The number of hydrogen-bond acceptors (Lipinski definition) is 2. The van der Waals surface area contributed by atoms with E-state index in [9.17, 15) is 0 Å². The highest BCUT2D eigenvalue weighted by Crippen LogP contribution is 2.33. The number of nitrogens with one attached hydrogen (secondary N) is 2. The molecule has 0 bridgehead atoms. The molecule has 80 valence electrons. The molecule has 4 heteroatoms. The standard InChI is InChI=1S/C12H10ClN3/c1-14-9-5-10-11(8(13)6-16-10)12-7(9)3-2-4-15-12/h2-6,14,16H,1H3. The van der Waals surface area contributed by atoms with E-state index in [1.807, 2.05) is 25.2 Å². The van der Waals surface area contributed by atoms with Gasteiger partial charge in [0.25, 0.3) is 0 Å². The van der Waals surface area contributed by atoms with E-state index in [1.165, 1.54) is 0 Å². The van der Waals surface area contributed by atoms with Gasteiger partial charge in [-0.3, -0.25) is 4.98 Å². The van der Waals surface area contributed by atoms with Gasteiger partial charge in [0.05, 0.1) is 16.1 Å². The fraction of sp³-hybridized carbons (Fsp3) is 0.0833. The van der Waals surface area contributed by atoms with Crippen LogP contribution in [0.3, 0.4) is 0 Å². The van der Waals surface area contributed by atoms with Crippen molar-refractivity contribution < 1.29 is 0 Å². The van der Waals surface area contributed by atoms with Crippen LogP contribution in [0, 0.1) is 0 Å². The maximum atomic E-state index is 6.16. The summed E-state index contributed by atoms with van der Waals surface area (Å²) in [5.74, 6) is 0. The Morgan fingerprint density at radius 3 is 3.12 bits per heavy atom. The first-order chi connectivity index (χ1) is 7.81. The molecule has 16 heavy (non-hydrogen) atoms. The number of aromatic amines is 1. The molecule has 0 unspecified atom stereocenters. The number of hydrogen-bond donors (Lipinski definition) is 2. The number of aromatic nitrogens is 2. The molecule has 2 aromatic heterocycles. The Hall–Kier alpha value is -1.74. The van der Waals surface area contributed by atoms with Crippen LogP contribution < -0.4 is 5.32 Å². The third-order valence-electron chi connectivity index (χ3n) is 2.76. The quantitative estimate of drug-likeness (QED) is 0.674. The van der Waals surface area contributed by atoms with E-state index < -0.39 is 0 Å². The largest absolute Gasteiger partial charge is 0.388 e. The molecule has 0 saturated carbocycles. The molecule has 0 amide bonds. The van der Waals surface area contributed by atoms with Crippen molar-refractivity contribution in [3.8, 4) is 0 Å². The van der Waals surface area contributed by atoms with E-state index in [0.717, 1.165) is 27.5 Å². The molecule has 0 aliphatic heterocycles. The second-order valence-corrected chi connectivity index (χ2v) is 4.04. The molecule has 0 aliphatic rings. The molecule has 0 atom stereocenters. The molecule has 3 aromatic rings. The Kier molecular flexibility index (Phi) is 2.01. The average molecular weight is 232 g/mol. The highest BCUT2D eigenvalue weighted by Gasteiger charge is 2.10. The van der Waals surface area contributed by atoms with Gasteiger partial charge >= 0.3 is 0 Å². The fourth-order valence-corrected chi connectivity index (χ4v) is 2.27. The molecule has 0 saturated heterocycles. The van der Waals surface area contributed by atoms with Gasteiger partial charge < -0.3 is 10.3 Å². The second kappa shape index (κ2) is 3.39. The molecule has 2 heterocycles. The van der Waals surface area contributed by atoms with Gasteiger partial charge in [-0.25, -0.2) is 0 Å². The van der Waals surface area contributed by atoms with Crippen LogP contribution in [-0.4, -0.2) is 17.0 Å². The summed E-state index contributed by atoms with van der Waals surface area (Å²) in [5.41, 5.74) is 2.98. The molecular weight excluding hydrogens is 222 g/mol. The first-order valence-electron chi connectivity index (χ1n) is 5.03. The lowest BCUT2D eigenvalue weighted by molar-refractivity contribution is 1.42. The van der Waals surface area contributed by atoms with E-state index in [2.05, 4.69) is 15.3 Å². The molecular formula is C12H10ClN3. The van der Waals surface area contributed by atoms with Crippen LogP contribution in [0.4, 0.5) is 5.69 Å². The van der Waals surface area contributed by atoms with Gasteiger partial charge in [-0.15, -0.1) is 0 Å². The van der Waals surface area contributed by atoms with Crippen LogP contribution >= 0.6 is 11.6 Å². The van der Waals surface area contributed by atoms with Crippen LogP contribution in [0.5, 0.6) is 0 Å². The Morgan fingerprint density at radius 2 is 2.31 bits per heavy atom. The van der Waals surface area contributed by atoms with Gasteiger partial charge in [-0.05, 0) is 18.2 Å². The Balaban J connectivity index is 2.60. The van der Waals surface area contributed by atoms with Gasteiger partial charge in [-0.1, -0.05) is 11.6 Å². The summed E-state index contributed by atoms with van der Waals surface area (Å²) in [7, 11) is 1.90. The Morgan fingerprint density at radius 1 is 1.44 bits per heavy atom. The van der Waals surface area contributed by atoms with E-state index in [1.54, 1.807) is 12.4 Å². The van der Waals surface area contributed by atoms with Gasteiger partial charge in [0.2, 0.25) is 0 Å². The first-order valence-corrected chi connectivity index (χ1v) is 5.41.